The van der Waals surface area contributed by atoms with E-state index in [1.165, 1.54) is 0 Å². The van der Waals surface area contributed by atoms with E-state index in [4.69, 9.17) is 4.98 Å². The van der Waals surface area contributed by atoms with Gasteiger partial charge in [-0.3, -0.25) is 9.89 Å². The molecule has 7 heteroatoms. The molecule has 134 valence electrons. The monoisotopic (exact) mass is 350 g/mol. The number of para-hydroxylation sites is 1. The van der Waals surface area contributed by atoms with Gasteiger partial charge < -0.3 is 9.80 Å². The van der Waals surface area contributed by atoms with Crippen molar-refractivity contribution >= 4 is 16.8 Å². The smallest absolute Gasteiger partial charge is 0.275 e. The Balaban J connectivity index is 1.63. The summed E-state index contributed by atoms with van der Waals surface area (Å²) in [7, 11) is 4.02. The fourth-order valence-corrected chi connectivity index (χ4v) is 3.53. The van der Waals surface area contributed by atoms with Gasteiger partial charge in [0.05, 0.1) is 17.3 Å². The van der Waals surface area contributed by atoms with Crippen LogP contribution in [0.4, 0.5) is 0 Å². The van der Waals surface area contributed by atoms with Crippen LogP contribution >= 0.6 is 0 Å². The third-order valence-electron chi connectivity index (χ3n) is 4.69. The van der Waals surface area contributed by atoms with Gasteiger partial charge in [0.25, 0.3) is 5.91 Å². The van der Waals surface area contributed by atoms with Gasteiger partial charge in [0.15, 0.2) is 11.5 Å². The molecule has 3 aromatic rings. The largest absolute Gasteiger partial charge is 0.327 e. The van der Waals surface area contributed by atoms with Crippen LogP contribution in [0.1, 0.15) is 40.9 Å². The molecule has 0 spiro atoms. The Morgan fingerprint density at radius 2 is 2.15 bits per heavy atom. The van der Waals surface area contributed by atoms with Gasteiger partial charge in [0, 0.05) is 24.7 Å². The second-order valence-corrected chi connectivity index (χ2v) is 6.92. The fourth-order valence-electron chi connectivity index (χ4n) is 3.53. The molecule has 1 N–H and O–H groups in total. The van der Waals surface area contributed by atoms with Crippen molar-refractivity contribution in [2.24, 2.45) is 0 Å². The average Bonchev–Trinajstić information content (AvgIpc) is 3.28. The van der Waals surface area contributed by atoms with Gasteiger partial charge in [-0.05, 0) is 39.1 Å². The number of aromatic amines is 1. The lowest BCUT2D eigenvalue weighted by molar-refractivity contribution is 0.0725. The van der Waals surface area contributed by atoms with E-state index in [9.17, 15) is 4.79 Å². The molecule has 1 aromatic carbocycles. The highest BCUT2D eigenvalue weighted by Gasteiger charge is 2.34. The van der Waals surface area contributed by atoms with Crippen molar-refractivity contribution in [3.05, 3.63) is 53.7 Å². The quantitative estimate of drug-likeness (QED) is 0.782. The summed E-state index contributed by atoms with van der Waals surface area (Å²) in [6, 6.07) is 9.52. The molecule has 7 nitrogen and oxygen atoms in total. The van der Waals surface area contributed by atoms with Crippen molar-refractivity contribution in [2.45, 2.75) is 25.4 Å². The summed E-state index contributed by atoms with van der Waals surface area (Å²) >= 11 is 0. The third kappa shape index (κ3) is 3.06. The van der Waals surface area contributed by atoms with Crippen LogP contribution in [0.25, 0.3) is 10.9 Å². The lowest BCUT2D eigenvalue weighted by Crippen LogP contribution is -2.32. The topological polar surface area (TPSA) is 78.0 Å². The predicted molar refractivity (Wildman–Crippen MR) is 98.5 cm³/mol. The van der Waals surface area contributed by atoms with Crippen molar-refractivity contribution in [1.29, 1.82) is 0 Å². The molecular weight excluding hydrogens is 328 g/mol. The number of nitrogens with zero attached hydrogens (tertiary/aromatic N) is 5. The summed E-state index contributed by atoms with van der Waals surface area (Å²) in [6.07, 6.45) is 3.60. The lowest BCUT2D eigenvalue weighted by atomic mass is 10.1. The molecule has 0 saturated carbocycles. The lowest BCUT2D eigenvalue weighted by Gasteiger charge is -2.23. The van der Waals surface area contributed by atoms with E-state index in [0.717, 1.165) is 41.8 Å². The molecule has 3 heterocycles. The van der Waals surface area contributed by atoms with Gasteiger partial charge >= 0.3 is 0 Å². The minimum atomic E-state index is -0.0972. The first kappa shape index (κ1) is 16.7. The van der Waals surface area contributed by atoms with Crippen LogP contribution in [0, 0.1) is 0 Å². The number of fused-ring (bicyclic) bond motifs is 1. The average molecular weight is 350 g/mol. The molecule has 1 aliphatic heterocycles. The van der Waals surface area contributed by atoms with Gasteiger partial charge in [-0.1, -0.05) is 18.2 Å². The molecule has 0 aliphatic carbocycles. The first-order valence-corrected chi connectivity index (χ1v) is 8.84. The van der Waals surface area contributed by atoms with E-state index in [1.54, 1.807) is 6.20 Å². The molecule has 0 radical (unpaired) electrons. The highest BCUT2D eigenvalue weighted by molar-refractivity contribution is 6.04. The maximum atomic E-state index is 13.1. The summed E-state index contributed by atoms with van der Waals surface area (Å²) < 4.78 is 0. The molecule has 0 bridgehead atoms. The zero-order chi connectivity index (χ0) is 18.1. The Morgan fingerprint density at radius 1 is 1.31 bits per heavy atom. The highest BCUT2D eigenvalue weighted by Crippen LogP contribution is 2.32. The normalized spacial score (nSPS) is 17.3. The Labute approximate surface area is 152 Å². The Bertz CT molecular complexity index is 934. The van der Waals surface area contributed by atoms with Crippen molar-refractivity contribution in [1.82, 2.24) is 30.0 Å². The van der Waals surface area contributed by atoms with Crippen molar-refractivity contribution in [2.75, 3.05) is 20.6 Å². The first-order chi connectivity index (χ1) is 12.6. The van der Waals surface area contributed by atoms with Gasteiger partial charge in [-0.15, -0.1) is 0 Å². The molecule has 2 aromatic heterocycles. The van der Waals surface area contributed by atoms with Crippen molar-refractivity contribution < 1.29 is 4.79 Å². The zero-order valence-electron chi connectivity index (χ0n) is 15.0. The zero-order valence-corrected chi connectivity index (χ0v) is 15.0. The fraction of sp³-hybridized carbons (Fsp3) is 0.368. The van der Waals surface area contributed by atoms with E-state index < -0.39 is 0 Å². The number of carbonyl (C=O) groups excluding carboxylic acids is 1. The summed E-state index contributed by atoms with van der Waals surface area (Å²) in [4.78, 5) is 26.2. The Hall–Kier alpha value is -2.80. The van der Waals surface area contributed by atoms with E-state index in [-0.39, 0.29) is 11.9 Å². The minimum absolute atomic E-state index is 0.0634. The molecule has 26 heavy (non-hydrogen) atoms. The third-order valence-corrected chi connectivity index (χ3v) is 4.69. The number of likely N-dealkylation sites (tertiary alicyclic amines) is 1. The first-order valence-electron chi connectivity index (χ1n) is 8.84. The van der Waals surface area contributed by atoms with Crippen LogP contribution in [-0.2, 0) is 6.54 Å². The summed E-state index contributed by atoms with van der Waals surface area (Å²) in [6.45, 7) is 1.45. The number of benzene rings is 1. The van der Waals surface area contributed by atoms with Gasteiger partial charge in [-0.2, -0.15) is 5.10 Å². The number of carbonyl (C=O) groups is 1. The summed E-state index contributed by atoms with van der Waals surface area (Å²) in [5.41, 5.74) is 2.30. The van der Waals surface area contributed by atoms with E-state index in [1.807, 2.05) is 49.3 Å². The van der Waals surface area contributed by atoms with Gasteiger partial charge in [0.2, 0.25) is 0 Å². The second kappa shape index (κ2) is 6.84. The number of amides is 1. The SMILES string of the molecule is CN(C)Cc1ccnc([C@H]2CCCN2C(=O)c2n[nH]c3ccccc23)n1. The summed E-state index contributed by atoms with van der Waals surface area (Å²) in [5, 5.41) is 8.06. The molecule has 1 aliphatic rings. The molecule has 4 rings (SSSR count). The number of rotatable bonds is 4. The van der Waals surface area contributed by atoms with E-state index >= 15 is 0 Å². The Kier molecular flexibility index (Phi) is 4.38. The van der Waals surface area contributed by atoms with E-state index in [2.05, 4.69) is 20.1 Å². The number of hydrogen-bond donors (Lipinski definition) is 1. The number of aromatic nitrogens is 4. The maximum Gasteiger partial charge on any atom is 0.275 e. The van der Waals surface area contributed by atoms with Gasteiger partial charge in [0.1, 0.15) is 0 Å². The van der Waals surface area contributed by atoms with Crippen LogP contribution in [-0.4, -0.2) is 56.5 Å². The van der Waals surface area contributed by atoms with Crippen LogP contribution in [0.3, 0.4) is 0 Å². The van der Waals surface area contributed by atoms with Crippen LogP contribution in [0.15, 0.2) is 36.5 Å². The molecule has 0 unspecified atom stereocenters. The second-order valence-electron chi connectivity index (χ2n) is 6.92. The molecule has 1 saturated heterocycles. The molecule has 1 amide bonds. The number of H-pyrrole nitrogens is 1. The van der Waals surface area contributed by atoms with Crippen LogP contribution < -0.4 is 0 Å². The molecule has 1 atom stereocenters. The van der Waals surface area contributed by atoms with Crippen LogP contribution in [0.5, 0.6) is 0 Å². The molecule has 1 fully saturated rings. The number of nitrogens with one attached hydrogen (secondary N) is 1. The maximum absolute atomic E-state index is 13.1. The van der Waals surface area contributed by atoms with E-state index in [0.29, 0.717) is 12.2 Å². The van der Waals surface area contributed by atoms with Crippen molar-refractivity contribution in [3.63, 3.8) is 0 Å². The number of hydrogen-bond acceptors (Lipinski definition) is 5. The minimum Gasteiger partial charge on any atom is -0.327 e. The summed E-state index contributed by atoms with van der Waals surface area (Å²) in [5.74, 6) is 0.654. The standard InChI is InChI=1S/C19H22N6O/c1-24(2)12-13-9-10-20-18(21-13)16-8-5-11-25(16)19(26)17-14-6-3-4-7-15(14)22-23-17/h3-4,6-7,9-10,16H,5,8,11-12H2,1-2H3,(H,22,23)/t16-/m1/s1. The molecular formula is C19H22N6O. The predicted octanol–water partition coefficient (Wildman–Crippen LogP) is 2.39. The van der Waals surface area contributed by atoms with Crippen LogP contribution in [0.2, 0.25) is 0 Å². The van der Waals surface area contributed by atoms with Crippen molar-refractivity contribution in [3.8, 4) is 0 Å². The Morgan fingerprint density at radius 3 is 3.00 bits per heavy atom. The highest BCUT2D eigenvalue weighted by atomic mass is 16.2. The van der Waals surface area contributed by atoms with Gasteiger partial charge in [-0.25, -0.2) is 9.97 Å².